The number of halogens is 9. The smallest absolute Gasteiger partial charge is 0.402 e. The second-order valence-electron chi connectivity index (χ2n) is 4.85. The summed E-state index contributed by atoms with van der Waals surface area (Å²) in [5.74, 6) is -9.04. The number of alkyl halides is 9. The Morgan fingerprint density at radius 2 is 0.645 bits per heavy atom. The van der Waals surface area contributed by atoms with Crippen LogP contribution < -0.4 is 15.3 Å². The fraction of sp³-hybridized carbons (Fsp3) is 0.400. The van der Waals surface area contributed by atoms with Crippen molar-refractivity contribution >= 4 is 17.3 Å². The molecule has 0 fully saturated rings. The largest absolute Gasteiger partial charge is 0.869 e. The zero-order valence-electron chi connectivity index (χ0n) is 15.5. The van der Waals surface area contributed by atoms with E-state index in [1.807, 2.05) is 0 Å². The zero-order valence-corrected chi connectivity index (χ0v) is 16.8. The summed E-state index contributed by atoms with van der Waals surface area (Å²) in [6.07, 6.45) is -14.7. The van der Waals surface area contributed by atoms with Gasteiger partial charge in [-0.15, -0.1) is 0 Å². The van der Waals surface area contributed by atoms with Gasteiger partial charge in [-0.25, -0.2) is 0 Å². The van der Waals surface area contributed by atoms with Crippen LogP contribution in [0.1, 0.15) is 20.8 Å². The molecule has 0 aromatic heterocycles. The topological polar surface area (TPSA) is 120 Å². The van der Waals surface area contributed by atoms with Crippen LogP contribution in [0.3, 0.4) is 0 Å². The van der Waals surface area contributed by atoms with Crippen LogP contribution in [0.5, 0.6) is 0 Å². The normalized spacial score (nSPS) is 13.0. The van der Waals surface area contributed by atoms with Gasteiger partial charge in [0.05, 0.1) is 0 Å². The number of rotatable bonds is 3. The van der Waals surface area contributed by atoms with Gasteiger partial charge in [0, 0.05) is 17.4 Å². The van der Waals surface area contributed by atoms with Crippen molar-refractivity contribution < 1.29 is 86.6 Å². The van der Waals surface area contributed by atoms with E-state index < -0.39 is 53.2 Å². The molecule has 0 unspecified atom stereocenters. The molecule has 0 aliphatic carbocycles. The first-order chi connectivity index (χ1) is 13.0. The number of hydrogen-bond acceptors (Lipinski definition) is 6. The molecule has 0 bridgehead atoms. The van der Waals surface area contributed by atoms with Crippen molar-refractivity contribution in [2.45, 2.75) is 39.3 Å². The maximum atomic E-state index is 11.3. The van der Waals surface area contributed by atoms with Crippen LogP contribution in [0.4, 0.5) is 39.5 Å². The van der Waals surface area contributed by atoms with Crippen LogP contribution in [0.2, 0.25) is 0 Å². The van der Waals surface area contributed by atoms with Crippen molar-refractivity contribution in [1.29, 1.82) is 0 Å². The van der Waals surface area contributed by atoms with Gasteiger partial charge in [0.25, 0.3) is 0 Å². The van der Waals surface area contributed by atoms with E-state index in [1.165, 1.54) is 0 Å². The minimum absolute atomic E-state index is 0. The predicted molar refractivity (Wildman–Crippen MR) is 74.5 cm³/mol. The van der Waals surface area contributed by atoms with Crippen molar-refractivity contribution in [2.24, 2.45) is 0 Å². The van der Waals surface area contributed by atoms with Gasteiger partial charge in [-0.3, -0.25) is 14.4 Å². The maximum Gasteiger partial charge on any atom is 0.402 e. The summed E-state index contributed by atoms with van der Waals surface area (Å²) >= 11 is 0. The average molecular weight is 511 g/mol. The molecule has 0 saturated carbocycles. The molecule has 0 spiro atoms. The Kier molecular flexibility index (Phi) is 16.8. The minimum atomic E-state index is -4.92. The fourth-order valence-corrected chi connectivity index (χ4v) is 0.799. The molecule has 0 rings (SSSR count). The Morgan fingerprint density at radius 3 is 0.677 bits per heavy atom. The molecule has 0 N–H and O–H groups in total. The first-order valence-corrected chi connectivity index (χ1v) is 6.91. The van der Waals surface area contributed by atoms with E-state index in [4.69, 9.17) is 0 Å². The molecule has 0 aromatic rings. The van der Waals surface area contributed by atoms with E-state index >= 15 is 0 Å². The van der Waals surface area contributed by atoms with Crippen LogP contribution in [-0.4, -0.2) is 35.9 Å². The fourth-order valence-electron chi connectivity index (χ4n) is 0.799. The van der Waals surface area contributed by atoms with Crippen molar-refractivity contribution in [1.82, 2.24) is 0 Å². The van der Waals surface area contributed by atoms with Crippen LogP contribution in [0.15, 0.2) is 35.5 Å². The summed E-state index contributed by atoms with van der Waals surface area (Å²) in [7, 11) is 0. The van der Waals surface area contributed by atoms with Crippen molar-refractivity contribution in [3.05, 3.63) is 35.5 Å². The number of carbonyl (C=O) groups excluding carboxylic acids is 3. The van der Waals surface area contributed by atoms with Gasteiger partial charge in [-0.1, -0.05) is 0 Å². The summed E-state index contributed by atoms with van der Waals surface area (Å²) in [6, 6.07) is 0. The Morgan fingerprint density at radius 1 is 0.516 bits per heavy atom. The molecule has 0 aliphatic heterocycles. The predicted octanol–water partition coefficient (Wildman–Crippen LogP) is 1.14. The number of allylic oxidation sites excluding steroid dienone is 6. The van der Waals surface area contributed by atoms with E-state index in [0.29, 0.717) is 0 Å². The molecule has 0 amide bonds. The zero-order chi connectivity index (χ0) is 25.1. The minimum Gasteiger partial charge on any atom is -0.869 e. The second kappa shape index (κ2) is 14.5. The Hall–Kier alpha value is -2.47. The quantitative estimate of drug-likeness (QED) is 0.319. The Labute approximate surface area is 179 Å². The van der Waals surface area contributed by atoms with Crippen LogP contribution in [-0.2, 0) is 31.7 Å². The van der Waals surface area contributed by atoms with Gasteiger partial charge in [-0.2, -0.15) is 39.5 Å². The summed E-state index contributed by atoms with van der Waals surface area (Å²) in [4.78, 5) is 29.8. The van der Waals surface area contributed by atoms with Gasteiger partial charge in [0.15, 0.2) is 17.3 Å². The molecule has 16 heteroatoms. The molecule has 0 aliphatic rings. The van der Waals surface area contributed by atoms with Crippen molar-refractivity contribution in [2.75, 3.05) is 0 Å². The molecular formula is C15H12CrF9O6-3. The standard InChI is InChI=1S/3C5H5F3O2.Cr/c3*1-3(9)2-4(10)5(6,7)8;/h3*2,10H,1H3;/p-3/b4-2+;2*4-2-;. The van der Waals surface area contributed by atoms with Crippen molar-refractivity contribution in [3.63, 3.8) is 0 Å². The Bertz CT molecular complexity index is 606. The monoisotopic (exact) mass is 511 g/mol. The van der Waals surface area contributed by atoms with Crippen LogP contribution in [0.25, 0.3) is 0 Å². The SMILES string of the molecule is CC(=O)/C=C(/[O-])C(F)(F)F.CC(=O)/C=C(\[O-])C(F)(F)F.CC(=O)/C=C(\[O-])C(F)(F)F.[Cr]. The molecule has 0 radical (unpaired) electrons. The van der Waals surface area contributed by atoms with Gasteiger partial charge in [0.2, 0.25) is 0 Å². The first kappa shape index (κ1) is 35.9. The summed E-state index contributed by atoms with van der Waals surface area (Å²) in [6.45, 7) is 2.64. The van der Waals surface area contributed by atoms with E-state index in [0.717, 1.165) is 20.8 Å². The van der Waals surface area contributed by atoms with Gasteiger partial charge >= 0.3 is 18.5 Å². The molecule has 0 heterocycles. The van der Waals surface area contributed by atoms with Crippen LogP contribution in [0, 0.1) is 0 Å². The van der Waals surface area contributed by atoms with E-state index in [1.54, 1.807) is 0 Å². The van der Waals surface area contributed by atoms with E-state index in [2.05, 4.69) is 0 Å². The van der Waals surface area contributed by atoms with Crippen molar-refractivity contribution in [3.8, 4) is 0 Å². The molecule has 0 aromatic carbocycles. The van der Waals surface area contributed by atoms with E-state index in [-0.39, 0.29) is 35.6 Å². The molecule has 0 saturated heterocycles. The van der Waals surface area contributed by atoms with E-state index in [9.17, 15) is 69.2 Å². The Balaban J connectivity index is -0.000000174. The summed E-state index contributed by atoms with van der Waals surface area (Å²) in [5, 5.41) is 29.6. The first-order valence-electron chi connectivity index (χ1n) is 6.91. The maximum absolute atomic E-state index is 11.3. The van der Waals surface area contributed by atoms with Gasteiger partial charge in [-0.05, 0) is 56.3 Å². The molecular weight excluding hydrogens is 499 g/mol. The molecule has 180 valence electrons. The molecule has 31 heavy (non-hydrogen) atoms. The van der Waals surface area contributed by atoms with Gasteiger partial charge in [0.1, 0.15) is 0 Å². The summed E-state index contributed by atoms with van der Waals surface area (Å²) in [5.41, 5.74) is 0. The third-order valence-corrected chi connectivity index (χ3v) is 1.84. The second-order valence-corrected chi connectivity index (χ2v) is 4.85. The van der Waals surface area contributed by atoms with Crippen LogP contribution >= 0.6 is 0 Å². The number of hydrogen-bond donors (Lipinski definition) is 0. The number of ketones is 3. The summed E-state index contributed by atoms with van der Waals surface area (Å²) < 4.78 is 101. The molecule has 0 atom stereocenters. The number of carbonyl (C=O) groups is 3. The van der Waals surface area contributed by atoms with Gasteiger partial charge < -0.3 is 15.3 Å². The average Bonchev–Trinajstić information content (AvgIpc) is 2.43. The molecule has 6 nitrogen and oxygen atoms in total. The third kappa shape index (κ3) is 23.7. The third-order valence-electron chi connectivity index (χ3n) is 1.84.